The highest BCUT2D eigenvalue weighted by atomic mass is 16.3. The number of carbonyl (C=O) groups excluding carboxylic acids is 4. The molecule has 0 saturated heterocycles. The molecule has 0 aliphatic heterocycles. The van der Waals surface area contributed by atoms with E-state index >= 15 is 0 Å². The Hall–Kier alpha value is -3.58. The second-order valence-corrected chi connectivity index (χ2v) is 12.7. The molecular weight excluding hydrogens is 556 g/mol. The highest BCUT2D eigenvalue weighted by Gasteiger charge is 2.69. The van der Waals surface area contributed by atoms with Gasteiger partial charge in [-0.15, -0.1) is 0 Å². The number of amides is 1. The molecule has 1 aromatic heterocycles. The Balaban J connectivity index is 1.54. The van der Waals surface area contributed by atoms with E-state index in [0.29, 0.717) is 23.4 Å². The number of phenolic OH excluding ortho intramolecular Hbond substituents is 1. The van der Waals surface area contributed by atoms with Gasteiger partial charge in [0, 0.05) is 43.9 Å². The number of likely N-dealkylation sites (N-methyl/N-ethyl adjacent to an activating group) is 1. The molecule has 2 fully saturated rings. The van der Waals surface area contributed by atoms with Crippen LogP contribution in [0, 0.1) is 37.5 Å². The highest BCUT2D eigenvalue weighted by Crippen LogP contribution is 2.52. The Morgan fingerprint density at radius 3 is 2.35 bits per heavy atom. The lowest BCUT2D eigenvalue weighted by molar-refractivity contribution is -0.190. The van der Waals surface area contributed by atoms with Crippen molar-refractivity contribution in [2.24, 2.45) is 29.4 Å². The third-order valence-corrected chi connectivity index (χ3v) is 9.66. The Labute approximate surface area is 249 Å². The molecule has 1 heterocycles. The number of aliphatic hydroxyl groups excluding tert-OH is 1. The van der Waals surface area contributed by atoms with E-state index < -0.39 is 64.7 Å². The van der Waals surface area contributed by atoms with Crippen molar-refractivity contribution in [3.05, 3.63) is 45.9 Å². The number of fused-ring (bicyclic) bond motifs is 3. The number of rotatable bonds is 7. The van der Waals surface area contributed by atoms with Crippen LogP contribution < -0.4 is 16.0 Å². The van der Waals surface area contributed by atoms with Crippen LogP contribution in [0.1, 0.15) is 45.0 Å². The maximum absolute atomic E-state index is 14.2. The number of primary amides is 1. The standard InChI is InChI=1S/C31H40N4O8/c1-13-7-17(43-14(13)2)12-33-11-16-10-20(34(3)4)18-8-15-9-19-24(35(5)6)27(38)23(30(32)41)29(40)31(19,42)28(39)21(15)26(37)22(18)25(16)36/h7,10,15,19,21,23-24,27,33,36,38,42H,8-9,11-12H2,1-6H3,(H2,32,41)/t15-,19-,21?,23?,24?,27?,31-/m1/s1. The van der Waals surface area contributed by atoms with Crippen LogP contribution in [0.3, 0.4) is 0 Å². The van der Waals surface area contributed by atoms with E-state index in [-0.39, 0.29) is 30.7 Å². The molecule has 4 unspecified atom stereocenters. The van der Waals surface area contributed by atoms with Crippen LogP contribution in [0.15, 0.2) is 16.5 Å². The summed E-state index contributed by atoms with van der Waals surface area (Å²) in [5.41, 5.74) is 5.48. The van der Waals surface area contributed by atoms with E-state index in [1.54, 1.807) is 19.0 Å². The Morgan fingerprint density at radius 2 is 1.79 bits per heavy atom. The largest absolute Gasteiger partial charge is 0.507 e. The zero-order valence-electron chi connectivity index (χ0n) is 25.3. The van der Waals surface area contributed by atoms with Crippen molar-refractivity contribution in [1.29, 1.82) is 0 Å². The summed E-state index contributed by atoms with van der Waals surface area (Å²) in [5.74, 6) is -7.66. The Bertz CT molecular complexity index is 1490. The van der Waals surface area contributed by atoms with Crippen molar-refractivity contribution >= 4 is 28.9 Å². The molecule has 43 heavy (non-hydrogen) atoms. The summed E-state index contributed by atoms with van der Waals surface area (Å²) in [6.45, 7) is 4.40. The quantitative estimate of drug-likeness (QED) is 0.275. The van der Waals surface area contributed by atoms with E-state index in [1.807, 2.05) is 45.0 Å². The molecule has 232 valence electrons. The minimum Gasteiger partial charge on any atom is -0.507 e. The number of nitrogens with two attached hydrogens (primary N) is 1. The van der Waals surface area contributed by atoms with E-state index in [2.05, 4.69) is 5.32 Å². The number of aliphatic hydroxyl groups is 2. The van der Waals surface area contributed by atoms with Gasteiger partial charge in [-0.2, -0.15) is 0 Å². The summed E-state index contributed by atoms with van der Waals surface area (Å²) in [4.78, 5) is 57.4. The summed E-state index contributed by atoms with van der Waals surface area (Å²) in [5, 5.41) is 37.5. The fourth-order valence-corrected chi connectivity index (χ4v) is 7.51. The highest BCUT2D eigenvalue weighted by molar-refractivity contribution is 6.25. The fourth-order valence-electron chi connectivity index (χ4n) is 7.51. The summed E-state index contributed by atoms with van der Waals surface area (Å²) >= 11 is 0. The van der Waals surface area contributed by atoms with Gasteiger partial charge in [0.2, 0.25) is 5.91 Å². The van der Waals surface area contributed by atoms with Crippen LogP contribution in [0.25, 0.3) is 0 Å². The molecule has 3 aliphatic carbocycles. The predicted octanol–water partition coefficient (Wildman–Crippen LogP) is 0.224. The van der Waals surface area contributed by atoms with Crippen molar-refractivity contribution in [2.45, 2.75) is 57.5 Å². The number of furan rings is 1. The number of ketones is 3. The number of benzene rings is 1. The third kappa shape index (κ3) is 4.67. The number of hydrogen-bond donors (Lipinski definition) is 5. The lowest BCUT2D eigenvalue weighted by Gasteiger charge is -2.55. The summed E-state index contributed by atoms with van der Waals surface area (Å²) in [7, 11) is 6.88. The molecule has 12 heteroatoms. The number of aromatic hydroxyl groups is 1. The second kappa shape index (κ2) is 10.8. The Morgan fingerprint density at radius 1 is 1.12 bits per heavy atom. The maximum atomic E-state index is 14.2. The van der Waals surface area contributed by atoms with Gasteiger partial charge in [0.15, 0.2) is 23.0 Å². The zero-order chi connectivity index (χ0) is 31.7. The molecule has 12 nitrogen and oxygen atoms in total. The third-order valence-electron chi connectivity index (χ3n) is 9.66. The number of hydrogen-bond acceptors (Lipinski definition) is 11. The van der Waals surface area contributed by atoms with E-state index in [9.17, 15) is 34.5 Å². The van der Waals surface area contributed by atoms with Crippen molar-refractivity contribution in [1.82, 2.24) is 10.2 Å². The lowest BCUT2D eigenvalue weighted by atomic mass is 9.52. The van der Waals surface area contributed by atoms with Crippen LogP contribution in [-0.2, 0) is 33.9 Å². The molecule has 0 radical (unpaired) electrons. The molecule has 7 atom stereocenters. The molecule has 2 saturated carbocycles. The molecule has 1 amide bonds. The maximum Gasteiger partial charge on any atom is 0.230 e. The molecule has 1 aromatic carbocycles. The van der Waals surface area contributed by atoms with Gasteiger partial charge in [0.05, 0.1) is 24.1 Å². The first-order valence-corrected chi connectivity index (χ1v) is 14.4. The second-order valence-electron chi connectivity index (χ2n) is 12.7. The Kier molecular flexibility index (Phi) is 7.79. The number of Topliss-reactive ketones (excluding diaryl/α,β-unsaturated/α-hetero) is 3. The zero-order valence-corrected chi connectivity index (χ0v) is 25.3. The smallest absolute Gasteiger partial charge is 0.230 e. The molecule has 2 aromatic rings. The number of aryl methyl sites for hydroxylation is 2. The van der Waals surface area contributed by atoms with Gasteiger partial charge in [-0.3, -0.25) is 19.2 Å². The monoisotopic (exact) mass is 596 g/mol. The van der Waals surface area contributed by atoms with E-state index in [4.69, 9.17) is 10.2 Å². The SMILES string of the molecule is Cc1cc(CNCc2cc(N(C)C)c3c(c2O)C(=O)C2C(=O)[C@@]4(O)C(=O)C(C(N)=O)C(O)C(N(C)C)[C@H]4C[C@H]2C3)oc1C. The summed E-state index contributed by atoms with van der Waals surface area (Å²) in [6, 6.07) is 2.78. The summed E-state index contributed by atoms with van der Waals surface area (Å²) < 4.78 is 5.71. The van der Waals surface area contributed by atoms with Gasteiger partial charge in [-0.25, -0.2) is 0 Å². The average molecular weight is 597 g/mol. The number of carbonyl (C=O) groups is 4. The predicted molar refractivity (Wildman–Crippen MR) is 155 cm³/mol. The van der Waals surface area contributed by atoms with Gasteiger partial charge in [-0.05, 0) is 70.0 Å². The number of nitrogens with one attached hydrogen (secondary N) is 1. The first-order chi connectivity index (χ1) is 20.1. The fraction of sp³-hybridized carbons (Fsp3) is 0.548. The van der Waals surface area contributed by atoms with Crippen LogP contribution in [0.4, 0.5) is 5.69 Å². The molecule has 5 rings (SSSR count). The first-order valence-electron chi connectivity index (χ1n) is 14.4. The number of anilines is 1. The van der Waals surface area contributed by atoms with Gasteiger partial charge < -0.3 is 40.6 Å². The molecule has 3 aliphatic rings. The van der Waals surface area contributed by atoms with Gasteiger partial charge >= 0.3 is 0 Å². The molecule has 0 spiro atoms. The first kappa shape index (κ1) is 30.9. The van der Waals surface area contributed by atoms with Crippen molar-refractivity contribution in [2.75, 3.05) is 33.1 Å². The number of phenols is 1. The molecule has 0 bridgehead atoms. The van der Waals surface area contributed by atoms with Crippen molar-refractivity contribution < 1.29 is 38.9 Å². The minimum absolute atomic E-state index is 0.0109. The average Bonchev–Trinajstić information content (AvgIpc) is 3.23. The minimum atomic E-state index is -2.69. The lowest BCUT2D eigenvalue weighted by Crippen LogP contribution is -2.75. The van der Waals surface area contributed by atoms with Crippen LogP contribution >= 0.6 is 0 Å². The number of nitrogens with zero attached hydrogens (tertiary/aromatic N) is 2. The van der Waals surface area contributed by atoms with E-state index in [1.165, 1.54) is 0 Å². The van der Waals surface area contributed by atoms with Gasteiger partial charge in [0.1, 0.15) is 23.2 Å². The topological polar surface area (TPSA) is 187 Å². The van der Waals surface area contributed by atoms with Crippen LogP contribution in [0.5, 0.6) is 5.75 Å². The van der Waals surface area contributed by atoms with Crippen molar-refractivity contribution in [3.8, 4) is 5.75 Å². The summed E-state index contributed by atoms with van der Waals surface area (Å²) in [6.07, 6.45) is -1.24. The van der Waals surface area contributed by atoms with Crippen LogP contribution in [0.2, 0.25) is 0 Å². The van der Waals surface area contributed by atoms with Gasteiger partial charge in [-0.1, -0.05) is 0 Å². The van der Waals surface area contributed by atoms with Gasteiger partial charge in [0.25, 0.3) is 0 Å². The van der Waals surface area contributed by atoms with Crippen molar-refractivity contribution in [3.63, 3.8) is 0 Å². The molecular formula is C31H40N4O8. The molecule has 6 N–H and O–H groups in total. The van der Waals surface area contributed by atoms with E-state index in [0.717, 1.165) is 17.1 Å². The normalized spacial score (nSPS) is 30.2. The van der Waals surface area contributed by atoms with Crippen LogP contribution in [-0.4, -0.2) is 89.4 Å².